The summed E-state index contributed by atoms with van der Waals surface area (Å²) >= 11 is 0. The standard InChI is InChI=1S/C13H15NO3/c1-8(2)9-4-6-10(7-5-9)13(3)11(15)14-12(16)17-13/h4-8H,1-3H3,(H,14,15,16). The number of hydrogen-bond donors (Lipinski definition) is 1. The van der Waals surface area contributed by atoms with Crippen LogP contribution in [-0.2, 0) is 15.1 Å². The van der Waals surface area contributed by atoms with E-state index >= 15 is 0 Å². The molecule has 0 radical (unpaired) electrons. The Hall–Kier alpha value is -1.84. The van der Waals surface area contributed by atoms with Crippen molar-refractivity contribution in [2.24, 2.45) is 0 Å². The van der Waals surface area contributed by atoms with Gasteiger partial charge in [-0.3, -0.25) is 10.1 Å². The molecule has 1 atom stereocenters. The Morgan fingerprint density at radius 1 is 1.18 bits per heavy atom. The first-order valence-electron chi connectivity index (χ1n) is 5.58. The summed E-state index contributed by atoms with van der Waals surface area (Å²) in [7, 11) is 0. The van der Waals surface area contributed by atoms with Gasteiger partial charge in [0.15, 0.2) is 0 Å². The van der Waals surface area contributed by atoms with Gasteiger partial charge < -0.3 is 4.74 Å². The minimum atomic E-state index is -1.20. The van der Waals surface area contributed by atoms with Crippen molar-refractivity contribution in [2.45, 2.75) is 32.3 Å². The second-order valence-electron chi connectivity index (χ2n) is 4.65. The maximum atomic E-state index is 11.7. The Bertz CT molecular complexity index is 464. The zero-order chi connectivity index (χ0) is 12.6. The maximum Gasteiger partial charge on any atom is 0.415 e. The monoisotopic (exact) mass is 233 g/mol. The van der Waals surface area contributed by atoms with E-state index in [1.54, 1.807) is 6.92 Å². The predicted octanol–water partition coefficient (Wildman–Crippen LogP) is 2.29. The van der Waals surface area contributed by atoms with Crippen molar-refractivity contribution in [2.75, 3.05) is 0 Å². The molecule has 1 heterocycles. The first-order valence-corrected chi connectivity index (χ1v) is 5.58. The average molecular weight is 233 g/mol. The lowest BCUT2D eigenvalue weighted by Gasteiger charge is -2.20. The lowest BCUT2D eigenvalue weighted by molar-refractivity contribution is -0.130. The molecular weight excluding hydrogens is 218 g/mol. The van der Waals surface area contributed by atoms with Crippen LogP contribution in [0, 0.1) is 0 Å². The Balaban J connectivity index is 2.34. The summed E-state index contributed by atoms with van der Waals surface area (Å²) in [5, 5.41) is 2.14. The number of benzene rings is 1. The molecule has 0 aromatic heterocycles. The summed E-state index contributed by atoms with van der Waals surface area (Å²) < 4.78 is 5.05. The molecule has 17 heavy (non-hydrogen) atoms. The van der Waals surface area contributed by atoms with Crippen molar-refractivity contribution < 1.29 is 14.3 Å². The van der Waals surface area contributed by atoms with Crippen LogP contribution in [-0.4, -0.2) is 12.0 Å². The zero-order valence-corrected chi connectivity index (χ0v) is 10.1. The number of carbonyl (C=O) groups is 2. The molecule has 1 saturated heterocycles. The van der Waals surface area contributed by atoms with Crippen molar-refractivity contribution >= 4 is 12.0 Å². The molecule has 1 aromatic rings. The van der Waals surface area contributed by atoms with Gasteiger partial charge in [0.25, 0.3) is 5.91 Å². The van der Waals surface area contributed by atoms with E-state index in [4.69, 9.17) is 4.74 Å². The van der Waals surface area contributed by atoms with Gasteiger partial charge in [-0.05, 0) is 18.4 Å². The number of cyclic esters (lactones) is 1. The van der Waals surface area contributed by atoms with E-state index < -0.39 is 17.6 Å². The molecule has 0 aliphatic carbocycles. The fraction of sp³-hybridized carbons (Fsp3) is 0.385. The smallest absolute Gasteiger partial charge is 0.415 e. The summed E-state index contributed by atoms with van der Waals surface area (Å²) in [6.07, 6.45) is -0.689. The molecular formula is C13H15NO3. The number of ether oxygens (including phenoxy) is 1. The number of rotatable bonds is 2. The van der Waals surface area contributed by atoms with Gasteiger partial charge in [0.05, 0.1) is 0 Å². The third-order valence-corrected chi connectivity index (χ3v) is 3.07. The van der Waals surface area contributed by atoms with Crippen LogP contribution in [0.4, 0.5) is 4.79 Å². The molecule has 0 saturated carbocycles. The lowest BCUT2D eigenvalue weighted by atomic mass is 9.92. The van der Waals surface area contributed by atoms with E-state index in [-0.39, 0.29) is 0 Å². The number of carbonyl (C=O) groups excluding carboxylic acids is 2. The molecule has 1 aromatic carbocycles. The molecule has 90 valence electrons. The van der Waals surface area contributed by atoms with Gasteiger partial charge in [0.2, 0.25) is 5.60 Å². The van der Waals surface area contributed by atoms with Gasteiger partial charge in [0, 0.05) is 5.56 Å². The summed E-state index contributed by atoms with van der Waals surface area (Å²) in [6, 6.07) is 7.55. The van der Waals surface area contributed by atoms with E-state index in [9.17, 15) is 9.59 Å². The second kappa shape index (κ2) is 3.87. The summed E-state index contributed by atoms with van der Waals surface area (Å²) in [6.45, 7) is 5.79. The summed E-state index contributed by atoms with van der Waals surface area (Å²) in [4.78, 5) is 22.7. The normalized spacial score (nSPS) is 23.8. The SMILES string of the molecule is CC(C)c1ccc(C2(C)OC(=O)NC2=O)cc1. The van der Waals surface area contributed by atoms with Crippen molar-refractivity contribution in [3.63, 3.8) is 0 Å². The molecule has 1 aliphatic heterocycles. The van der Waals surface area contributed by atoms with Crippen molar-refractivity contribution in [1.29, 1.82) is 0 Å². The minimum absolute atomic E-state index is 0.417. The van der Waals surface area contributed by atoms with Crippen LogP contribution >= 0.6 is 0 Å². The van der Waals surface area contributed by atoms with Crippen LogP contribution in [0.1, 0.15) is 37.8 Å². The van der Waals surface area contributed by atoms with Crippen LogP contribution in [0.3, 0.4) is 0 Å². The zero-order valence-electron chi connectivity index (χ0n) is 10.1. The molecule has 0 bridgehead atoms. The Morgan fingerprint density at radius 3 is 2.18 bits per heavy atom. The van der Waals surface area contributed by atoms with E-state index in [1.165, 1.54) is 5.56 Å². The second-order valence-corrected chi connectivity index (χ2v) is 4.65. The first-order chi connectivity index (χ1) is 7.93. The largest absolute Gasteiger partial charge is 0.428 e. The van der Waals surface area contributed by atoms with Crippen LogP contribution in [0.25, 0.3) is 0 Å². The van der Waals surface area contributed by atoms with Gasteiger partial charge in [-0.15, -0.1) is 0 Å². The Morgan fingerprint density at radius 2 is 1.76 bits per heavy atom. The van der Waals surface area contributed by atoms with E-state index in [0.717, 1.165) is 0 Å². The molecule has 4 nitrogen and oxygen atoms in total. The molecule has 2 rings (SSSR count). The first kappa shape index (κ1) is 11.6. The van der Waals surface area contributed by atoms with Crippen LogP contribution in [0.5, 0.6) is 0 Å². The van der Waals surface area contributed by atoms with E-state index in [1.807, 2.05) is 24.3 Å². The minimum Gasteiger partial charge on any atom is -0.428 e. The van der Waals surface area contributed by atoms with Gasteiger partial charge >= 0.3 is 6.09 Å². The highest BCUT2D eigenvalue weighted by atomic mass is 16.6. The summed E-state index contributed by atoms with van der Waals surface area (Å²) in [5.41, 5.74) is 0.666. The quantitative estimate of drug-likeness (QED) is 0.852. The molecule has 1 N–H and O–H groups in total. The van der Waals surface area contributed by atoms with Crippen LogP contribution in [0.2, 0.25) is 0 Å². The molecule has 1 aliphatic rings. The van der Waals surface area contributed by atoms with Gasteiger partial charge in [-0.1, -0.05) is 38.1 Å². The average Bonchev–Trinajstić information content (AvgIpc) is 2.54. The van der Waals surface area contributed by atoms with E-state index in [2.05, 4.69) is 19.2 Å². The fourth-order valence-electron chi connectivity index (χ4n) is 1.85. The fourth-order valence-corrected chi connectivity index (χ4v) is 1.85. The molecule has 0 spiro atoms. The maximum absolute atomic E-state index is 11.7. The Labute approximate surface area is 100.0 Å². The third-order valence-electron chi connectivity index (χ3n) is 3.07. The highest BCUT2D eigenvalue weighted by Crippen LogP contribution is 2.30. The van der Waals surface area contributed by atoms with Gasteiger partial charge in [-0.2, -0.15) is 0 Å². The number of nitrogens with one attached hydrogen (secondary N) is 1. The van der Waals surface area contributed by atoms with Gasteiger partial charge in [0.1, 0.15) is 0 Å². The van der Waals surface area contributed by atoms with Crippen LogP contribution in [0.15, 0.2) is 24.3 Å². The van der Waals surface area contributed by atoms with Crippen molar-refractivity contribution in [3.05, 3.63) is 35.4 Å². The van der Waals surface area contributed by atoms with Crippen molar-refractivity contribution in [1.82, 2.24) is 5.32 Å². The number of amides is 2. The predicted molar refractivity (Wildman–Crippen MR) is 62.5 cm³/mol. The third kappa shape index (κ3) is 1.90. The van der Waals surface area contributed by atoms with E-state index in [0.29, 0.717) is 11.5 Å². The molecule has 1 fully saturated rings. The summed E-state index contributed by atoms with van der Waals surface area (Å²) in [5.74, 6) is 0.0107. The molecule has 2 amide bonds. The number of alkyl carbamates (subject to hydrolysis) is 1. The number of hydrogen-bond acceptors (Lipinski definition) is 3. The molecule has 1 unspecified atom stereocenters. The highest BCUT2D eigenvalue weighted by molar-refractivity contribution is 6.03. The Kier molecular flexibility index (Phi) is 2.65. The topological polar surface area (TPSA) is 55.4 Å². The van der Waals surface area contributed by atoms with Crippen LogP contribution < -0.4 is 5.32 Å². The lowest BCUT2D eigenvalue weighted by Crippen LogP contribution is -2.33. The molecule has 4 heteroatoms. The number of imide groups is 1. The van der Waals surface area contributed by atoms with Crippen molar-refractivity contribution in [3.8, 4) is 0 Å². The van der Waals surface area contributed by atoms with Gasteiger partial charge in [-0.25, -0.2) is 4.79 Å². The highest BCUT2D eigenvalue weighted by Gasteiger charge is 2.46.